The van der Waals surface area contributed by atoms with Gasteiger partial charge in [-0.05, 0) is 59.8 Å². The molecule has 2 heteroatoms. The van der Waals surface area contributed by atoms with E-state index in [4.69, 9.17) is 11.2 Å². The first kappa shape index (κ1) is 8.15. The minimum Gasteiger partial charge on any atom is -0.0668 e. The summed E-state index contributed by atoms with van der Waals surface area (Å²) in [5.74, 6) is 0. The van der Waals surface area contributed by atoms with Crippen LogP contribution in [0.4, 0.5) is 0 Å². The monoisotopic (exact) mass is 172 g/mol. The molecule has 0 N–H and O–H groups in total. The van der Waals surface area contributed by atoms with E-state index in [-0.39, 0.29) is 9.45 Å². The van der Waals surface area contributed by atoms with E-state index < -0.39 is 0 Å². The van der Waals surface area contributed by atoms with Gasteiger partial charge in [-0.1, -0.05) is 9.45 Å². The molecule has 0 saturated heterocycles. The maximum absolute atomic E-state index is 5.31. The van der Waals surface area contributed by atoms with Crippen molar-refractivity contribution in [1.29, 1.82) is 0 Å². The summed E-state index contributed by atoms with van der Waals surface area (Å²) in [4.78, 5) is 2.79. The molecule has 0 amide bonds. The van der Waals surface area contributed by atoms with E-state index in [1.165, 1.54) is 21.0 Å². The molecule has 10 heavy (non-hydrogen) atoms. The van der Waals surface area contributed by atoms with Crippen LogP contribution in [-0.2, 0) is 20.6 Å². The van der Waals surface area contributed by atoms with Crippen LogP contribution in [0.2, 0.25) is 0 Å². The zero-order valence-electron chi connectivity index (χ0n) is 6.82. The van der Waals surface area contributed by atoms with Crippen molar-refractivity contribution in [2.75, 3.05) is 0 Å². The van der Waals surface area contributed by atoms with Crippen LogP contribution in [0.25, 0.3) is 0 Å². The average molecular weight is 172 g/mol. The van der Waals surface area contributed by atoms with E-state index in [1.807, 2.05) is 0 Å². The Morgan fingerprint density at radius 3 is 1.30 bits per heavy atom. The van der Waals surface area contributed by atoms with E-state index in [0.717, 1.165) is 0 Å². The zero-order valence-corrected chi connectivity index (χ0v) is 8.45. The summed E-state index contributed by atoms with van der Waals surface area (Å²) in [5.41, 5.74) is 2.83. The average Bonchev–Trinajstić information content (AvgIpc) is 2.07. The van der Waals surface area contributed by atoms with E-state index in [2.05, 4.69) is 27.7 Å². The highest BCUT2D eigenvalue weighted by molar-refractivity contribution is 8.33. The summed E-state index contributed by atoms with van der Waals surface area (Å²) in [7, 11) is 0.0201. The molecule has 0 unspecified atom stereocenters. The SMILES string of the molecule is CC1=C(C)S(=S)C(C)=C1C. The van der Waals surface area contributed by atoms with Crippen molar-refractivity contribution in [2.24, 2.45) is 0 Å². The fourth-order valence-electron chi connectivity index (χ4n) is 1.04. The van der Waals surface area contributed by atoms with Crippen molar-refractivity contribution < 1.29 is 0 Å². The first-order valence-corrected chi connectivity index (χ1v) is 5.47. The topological polar surface area (TPSA) is 0 Å². The van der Waals surface area contributed by atoms with Crippen LogP contribution in [0.3, 0.4) is 0 Å². The van der Waals surface area contributed by atoms with Crippen LogP contribution in [0.1, 0.15) is 27.7 Å². The molecular formula is C8H12S2. The van der Waals surface area contributed by atoms with Gasteiger partial charge in [-0.2, -0.15) is 0 Å². The largest absolute Gasteiger partial charge is 0.0668 e. The maximum Gasteiger partial charge on any atom is -0.00617 e. The van der Waals surface area contributed by atoms with Crippen LogP contribution < -0.4 is 0 Å². The summed E-state index contributed by atoms with van der Waals surface area (Å²) in [6.45, 7) is 8.61. The number of hydrogen-bond acceptors (Lipinski definition) is 1. The summed E-state index contributed by atoms with van der Waals surface area (Å²) < 4.78 is 0. The lowest BCUT2D eigenvalue weighted by molar-refractivity contribution is 1.31. The Bertz CT molecular complexity index is 230. The zero-order chi connectivity index (χ0) is 7.89. The van der Waals surface area contributed by atoms with Crippen molar-refractivity contribution in [3.05, 3.63) is 21.0 Å². The van der Waals surface area contributed by atoms with Crippen LogP contribution in [0.5, 0.6) is 0 Å². The molecule has 1 heterocycles. The van der Waals surface area contributed by atoms with E-state index >= 15 is 0 Å². The fraction of sp³-hybridized carbons (Fsp3) is 0.500. The second-order valence-corrected chi connectivity index (χ2v) is 5.39. The highest BCUT2D eigenvalue weighted by Gasteiger charge is 2.15. The molecule has 0 aromatic rings. The highest BCUT2D eigenvalue weighted by atomic mass is 32.8. The third-order valence-corrected chi connectivity index (χ3v) is 5.40. The van der Waals surface area contributed by atoms with Crippen LogP contribution in [0.15, 0.2) is 21.0 Å². The second kappa shape index (κ2) is 2.59. The second-order valence-electron chi connectivity index (χ2n) is 2.63. The van der Waals surface area contributed by atoms with Crippen LogP contribution in [-0.4, -0.2) is 0 Å². The Kier molecular flexibility index (Phi) is 2.11. The molecule has 0 aromatic heterocycles. The third kappa shape index (κ3) is 0.995. The Hall–Kier alpha value is 0.0500. The van der Waals surface area contributed by atoms with Crippen LogP contribution in [0, 0.1) is 0 Å². The molecule has 0 atom stereocenters. The summed E-state index contributed by atoms with van der Waals surface area (Å²) in [5, 5.41) is 0. The number of allylic oxidation sites excluding steroid dienone is 4. The number of rotatable bonds is 0. The smallest absolute Gasteiger partial charge is 0.00617 e. The predicted octanol–water partition coefficient (Wildman–Crippen LogP) is 2.67. The summed E-state index contributed by atoms with van der Waals surface area (Å²) in [6, 6.07) is 0. The maximum atomic E-state index is 5.31. The molecule has 0 bridgehead atoms. The Labute approximate surface area is 69.6 Å². The molecule has 0 radical (unpaired) electrons. The van der Waals surface area contributed by atoms with Gasteiger partial charge in [-0.25, -0.2) is 0 Å². The van der Waals surface area contributed by atoms with Gasteiger partial charge in [0.1, 0.15) is 0 Å². The quantitative estimate of drug-likeness (QED) is 0.541. The van der Waals surface area contributed by atoms with Gasteiger partial charge in [0.15, 0.2) is 0 Å². The standard InChI is InChI=1S/C8H12S2/c1-5-6(2)8(4)10(9)7(5)3/h1-4H3. The lowest BCUT2D eigenvalue weighted by Gasteiger charge is -1.96. The molecule has 1 aliphatic heterocycles. The molecule has 0 spiro atoms. The van der Waals surface area contributed by atoms with E-state index in [0.29, 0.717) is 0 Å². The van der Waals surface area contributed by atoms with Crippen molar-refractivity contribution in [2.45, 2.75) is 27.7 Å². The highest BCUT2D eigenvalue weighted by Crippen LogP contribution is 2.31. The van der Waals surface area contributed by atoms with Gasteiger partial charge in [0, 0.05) is 0 Å². The fourth-order valence-corrected chi connectivity index (χ4v) is 3.11. The molecule has 1 aliphatic rings. The number of hydrogen-bond donors (Lipinski definition) is 0. The molecular weight excluding hydrogens is 160 g/mol. The van der Waals surface area contributed by atoms with Crippen molar-refractivity contribution in [3.63, 3.8) is 0 Å². The first-order valence-electron chi connectivity index (χ1n) is 3.32. The Morgan fingerprint density at radius 2 is 1.20 bits per heavy atom. The lowest BCUT2D eigenvalue weighted by Crippen LogP contribution is -1.83. The lowest BCUT2D eigenvalue weighted by atomic mass is 10.1. The van der Waals surface area contributed by atoms with Gasteiger partial charge in [0.25, 0.3) is 0 Å². The Balaban J connectivity index is 3.22. The first-order chi connectivity index (χ1) is 4.55. The molecule has 0 aliphatic carbocycles. The van der Waals surface area contributed by atoms with Crippen molar-refractivity contribution in [3.8, 4) is 0 Å². The van der Waals surface area contributed by atoms with Gasteiger partial charge < -0.3 is 0 Å². The minimum absolute atomic E-state index is 0.0201. The minimum atomic E-state index is 0.0201. The van der Waals surface area contributed by atoms with Crippen molar-refractivity contribution in [1.82, 2.24) is 0 Å². The molecule has 1 rings (SSSR count). The van der Waals surface area contributed by atoms with Gasteiger partial charge >= 0.3 is 0 Å². The van der Waals surface area contributed by atoms with Gasteiger partial charge in [-0.15, -0.1) is 0 Å². The molecule has 0 aromatic carbocycles. The normalized spacial score (nSPS) is 21.2. The van der Waals surface area contributed by atoms with Crippen molar-refractivity contribution >= 4 is 20.6 Å². The Morgan fingerprint density at radius 1 is 0.900 bits per heavy atom. The van der Waals surface area contributed by atoms with Gasteiger partial charge in [0.2, 0.25) is 0 Å². The molecule has 0 nitrogen and oxygen atoms in total. The van der Waals surface area contributed by atoms with Crippen LogP contribution >= 0.6 is 0 Å². The van der Waals surface area contributed by atoms with Gasteiger partial charge in [-0.3, -0.25) is 0 Å². The van der Waals surface area contributed by atoms with E-state index in [9.17, 15) is 0 Å². The third-order valence-electron chi connectivity index (χ3n) is 2.17. The van der Waals surface area contributed by atoms with Gasteiger partial charge in [0.05, 0.1) is 0 Å². The summed E-state index contributed by atoms with van der Waals surface area (Å²) >= 11 is 5.31. The predicted molar refractivity (Wildman–Crippen MR) is 51.5 cm³/mol. The molecule has 0 fully saturated rings. The summed E-state index contributed by atoms with van der Waals surface area (Å²) in [6.07, 6.45) is 0. The molecule has 56 valence electrons. The molecule has 0 saturated carbocycles. The van der Waals surface area contributed by atoms with E-state index in [1.54, 1.807) is 0 Å².